The van der Waals surface area contributed by atoms with Crippen molar-refractivity contribution in [3.8, 4) is 0 Å². The van der Waals surface area contributed by atoms with Crippen molar-refractivity contribution in [2.24, 2.45) is 0 Å². The van der Waals surface area contributed by atoms with Gasteiger partial charge in [-0.3, -0.25) is 0 Å². The van der Waals surface area contributed by atoms with Gasteiger partial charge in [0.2, 0.25) is 0 Å². The maximum atomic E-state index is 11.5. The zero-order valence-electron chi connectivity index (χ0n) is 8.61. The van der Waals surface area contributed by atoms with Gasteiger partial charge in [0, 0.05) is 0 Å². The highest BCUT2D eigenvalue weighted by atomic mass is 16.6. The molecule has 82 valence electrons. The topological polar surface area (TPSA) is 61.8 Å². The monoisotopic (exact) mass is 212 g/mol. The van der Waals surface area contributed by atoms with Crippen LogP contribution in [0.3, 0.4) is 0 Å². The standard InChI is InChI=1S/C10H12O5/c1-13-7(11)9-3-5-10(15-9,6-4-9)8(12)14-2/h3,5H,4,6H2,1-2H3. The minimum absolute atomic E-state index is 0.450. The highest BCUT2D eigenvalue weighted by Crippen LogP contribution is 2.46. The van der Waals surface area contributed by atoms with Crippen LogP contribution in [0.25, 0.3) is 0 Å². The van der Waals surface area contributed by atoms with E-state index in [1.54, 1.807) is 12.2 Å². The summed E-state index contributed by atoms with van der Waals surface area (Å²) >= 11 is 0. The molecule has 15 heavy (non-hydrogen) atoms. The van der Waals surface area contributed by atoms with Crippen LogP contribution in [0.2, 0.25) is 0 Å². The molecule has 0 aromatic heterocycles. The molecule has 0 amide bonds. The van der Waals surface area contributed by atoms with E-state index >= 15 is 0 Å². The molecule has 1 fully saturated rings. The quantitative estimate of drug-likeness (QED) is 0.483. The predicted octanol–water partition coefficient (Wildman–Crippen LogP) is 0.190. The lowest BCUT2D eigenvalue weighted by Crippen LogP contribution is -2.39. The largest absolute Gasteiger partial charge is 0.467 e. The van der Waals surface area contributed by atoms with Crippen LogP contribution in [0.1, 0.15) is 12.8 Å². The van der Waals surface area contributed by atoms with Crippen molar-refractivity contribution in [3.63, 3.8) is 0 Å². The Hall–Kier alpha value is -1.36. The summed E-state index contributed by atoms with van der Waals surface area (Å²) in [6, 6.07) is 0. The lowest BCUT2D eigenvalue weighted by Gasteiger charge is -2.20. The fourth-order valence-corrected chi connectivity index (χ4v) is 2.07. The number of esters is 2. The van der Waals surface area contributed by atoms with E-state index in [-0.39, 0.29) is 0 Å². The number of ether oxygens (including phenoxy) is 3. The van der Waals surface area contributed by atoms with E-state index in [2.05, 4.69) is 9.47 Å². The number of rotatable bonds is 2. The van der Waals surface area contributed by atoms with Crippen LogP contribution >= 0.6 is 0 Å². The molecule has 2 bridgehead atoms. The van der Waals surface area contributed by atoms with Gasteiger partial charge in [-0.2, -0.15) is 0 Å². The third-order valence-electron chi connectivity index (χ3n) is 2.92. The first-order valence-electron chi connectivity index (χ1n) is 4.66. The van der Waals surface area contributed by atoms with Crippen molar-refractivity contribution in [2.75, 3.05) is 14.2 Å². The molecule has 5 heteroatoms. The molecule has 0 radical (unpaired) electrons. The Labute approximate surface area is 87.0 Å². The molecule has 2 aliphatic heterocycles. The zero-order valence-corrected chi connectivity index (χ0v) is 8.61. The Morgan fingerprint density at radius 2 is 1.47 bits per heavy atom. The first-order chi connectivity index (χ1) is 7.08. The number of carbonyl (C=O) groups excluding carboxylic acids is 2. The molecule has 2 rings (SSSR count). The molecule has 2 heterocycles. The Bertz CT molecular complexity index is 316. The van der Waals surface area contributed by atoms with Gasteiger partial charge >= 0.3 is 11.9 Å². The second-order valence-corrected chi connectivity index (χ2v) is 3.70. The second-order valence-electron chi connectivity index (χ2n) is 3.70. The molecule has 5 nitrogen and oxygen atoms in total. The number of carbonyl (C=O) groups is 2. The van der Waals surface area contributed by atoms with Crippen LogP contribution < -0.4 is 0 Å². The highest BCUT2D eigenvalue weighted by Gasteiger charge is 2.60. The van der Waals surface area contributed by atoms with Crippen LogP contribution in [-0.4, -0.2) is 37.4 Å². The van der Waals surface area contributed by atoms with Crippen LogP contribution in [0, 0.1) is 0 Å². The van der Waals surface area contributed by atoms with Crippen LogP contribution in [0.5, 0.6) is 0 Å². The average Bonchev–Trinajstić information content (AvgIpc) is 2.85. The Balaban J connectivity index is 2.26. The van der Waals surface area contributed by atoms with Gasteiger partial charge in [0.25, 0.3) is 0 Å². The van der Waals surface area contributed by atoms with Crippen molar-refractivity contribution in [3.05, 3.63) is 12.2 Å². The van der Waals surface area contributed by atoms with Crippen LogP contribution in [0.4, 0.5) is 0 Å². The maximum Gasteiger partial charge on any atom is 0.342 e. The van der Waals surface area contributed by atoms with Gasteiger partial charge in [0.1, 0.15) is 0 Å². The van der Waals surface area contributed by atoms with Gasteiger partial charge in [0.15, 0.2) is 11.2 Å². The van der Waals surface area contributed by atoms with E-state index in [1.807, 2.05) is 0 Å². The molecule has 0 N–H and O–H groups in total. The van der Waals surface area contributed by atoms with Crippen molar-refractivity contribution in [1.29, 1.82) is 0 Å². The fourth-order valence-electron chi connectivity index (χ4n) is 2.07. The van der Waals surface area contributed by atoms with Crippen molar-refractivity contribution < 1.29 is 23.8 Å². The van der Waals surface area contributed by atoms with E-state index in [0.29, 0.717) is 12.8 Å². The molecule has 0 spiro atoms. The summed E-state index contributed by atoms with van der Waals surface area (Å²) in [5, 5.41) is 0. The summed E-state index contributed by atoms with van der Waals surface area (Å²) in [6.45, 7) is 0. The average molecular weight is 212 g/mol. The fraction of sp³-hybridized carbons (Fsp3) is 0.600. The normalized spacial score (nSPS) is 36.7. The molecule has 0 saturated carbocycles. The van der Waals surface area contributed by atoms with Gasteiger partial charge in [-0.15, -0.1) is 0 Å². The molecule has 1 saturated heterocycles. The molecule has 0 aliphatic carbocycles. The van der Waals surface area contributed by atoms with Crippen molar-refractivity contribution in [1.82, 2.24) is 0 Å². The minimum Gasteiger partial charge on any atom is -0.467 e. The Morgan fingerprint density at radius 1 is 1.07 bits per heavy atom. The first kappa shape index (κ1) is 10.2. The van der Waals surface area contributed by atoms with E-state index in [0.717, 1.165) is 0 Å². The predicted molar refractivity (Wildman–Crippen MR) is 49.0 cm³/mol. The lowest BCUT2D eigenvalue weighted by molar-refractivity contribution is -0.173. The maximum absolute atomic E-state index is 11.5. The smallest absolute Gasteiger partial charge is 0.342 e. The molecular weight excluding hydrogens is 200 g/mol. The third kappa shape index (κ3) is 1.19. The van der Waals surface area contributed by atoms with Gasteiger partial charge in [-0.1, -0.05) is 0 Å². The first-order valence-corrected chi connectivity index (χ1v) is 4.66. The molecule has 2 unspecified atom stereocenters. The zero-order chi connectivity index (χ0) is 11.1. The SMILES string of the molecule is COC(=O)C12C=CC(C(=O)OC)(CC1)O2. The summed E-state index contributed by atoms with van der Waals surface area (Å²) in [6.07, 6.45) is 4.06. The van der Waals surface area contributed by atoms with Crippen LogP contribution in [-0.2, 0) is 23.8 Å². The number of hydrogen-bond acceptors (Lipinski definition) is 5. The molecular formula is C10H12O5. The summed E-state index contributed by atoms with van der Waals surface area (Å²) in [4.78, 5) is 23.0. The van der Waals surface area contributed by atoms with Gasteiger partial charge < -0.3 is 14.2 Å². The summed E-state index contributed by atoms with van der Waals surface area (Å²) in [5.74, 6) is -0.941. The minimum atomic E-state index is -1.08. The van der Waals surface area contributed by atoms with Crippen molar-refractivity contribution in [2.45, 2.75) is 24.0 Å². The molecule has 2 aliphatic rings. The number of methoxy groups -OCH3 is 2. The second kappa shape index (κ2) is 3.06. The molecule has 2 atom stereocenters. The number of fused-ring (bicyclic) bond motifs is 2. The number of hydrogen-bond donors (Lipinski definition) is 0. The van der Waals surface area contributed by atoms with Gasteiger partial charge in [0.05, 0.1) is 14.2 Å². The summed E-state index contributed by atoms with van der Waals surface area (Å²) in [5.41, 5.74) is -2.16. The van der Waals surface area contributed by atoms with Crippen LogP contribution in [0.15, 0.2) is 12.2 Å². The Kier molecular flexibility index (Phi) is 2.08. The van der Waals surface area contributed by atoms with E-state index in [9.17, 15) is 9.59 Å². The van der Waals surface area contributed by atoms with Gasteiger partial charge in [-0.25, -0.2) is 9.59 Å². The summed E-state index contributed by atoms with van der Waals surface area (Å²) in [7, 11) is 2.59. The van der Waals surface area contributed by atoms with Crippen molar-refractivity contribution >= 4 is 11.9 Å². The van der Waals surface area contributed by atoms with E-state index in [4.69, 9.17) is 4.74 Å². The van der Waals surface area contributed by atoms with E-state index < -0.39 is 23.1 Å². The van der Waals surface area contributed by atoms with E-state index in [1.165, 1.54) is 14.2 Å². The Morgan fingerprint density at radius 3 is 1.73 bits per heavy atom. The molecule has 0 aromatic carbocycles. The van der Waals surface area contributed by atoms with Gasteiger partial charge in [-0.05, 0) is 25.0 Å². The summed E-state index contributed by atoms with van der Waals surface area (Å²) < 4.78 is 14.8. The molecule has 0 aromatic rings. The third-order valence-corrected chi connectivity index (χ3v) is 2.92. The highest BCUT2D eigenvalue weighted by molar-refractivity contribution is 5.90. The lowest BCUT2D eigenvalue weighted by atomic mass is 9.89.